The van der Waals surface area contributed by atoms with Crippen LogP contribution in [0, 0.1) is 0 Å². The second-order valence-electron chi connectivity index (χ2n) is 7.70. The average Bonchev–Trinajstić information content (AvgIpc) is 2.83. The number of pyridine rings is 1. The normalized spacial score (nSPS) is 17.3. The summed E-state index contributed by atoms with van der Waals surface area (Å²) in [5.41, 5.74) is 4.66. The molecule has 8 heteroatoms. The van der Waals surface area contributed by atoms with Crippen molar-refractivity contribution in [1.29, 1.82) is 0 Å². The lowest BCUT2D eigenvalue weighted by Crippen LogP contribution is -2.34. The van der Waals surface area contributed by atoms with Gasteiger partial charge in [-0.25, -0.2) is 9.78 Å². The molecule has 8 nitrogen and oxygen atoms in total. The maximum absolute atomic E-state index is 12.6. The van der Waals surface area contributed by atoms with Crippen molar-refractivity contribution in [3.63, 3.8) is 0 Å². The molecule has 32 heavy (non-hydrogen) atoms. The lowest BCUT2D eigenvalue weighted by atomic mass is 9.93. The fourth-order valence-corrected chi connectivity index (χ4v) is 4.12. The zero-order valence-electron chi connectivity index (χ0n) is 18.0. The Morgan fingerprint density at radius 1 is 1.16 bits per heavy atom. The molecule has 0 N–H and O–H groups in total. The van der Waals surface area contributed by atoms with Crippen LogP contribution in [-0.2, 0) is 22.4 Å². The Labute approximate surface area is 185 Å². The van der Waals surface area contributed by atoms with Crippen LogP contribution in [0.2, 0.25) is 0 Å². The van der Waals surface area contributed by atoms with E-state index >= 15 is 0 Å². The van der Waals surface area contributed by atoms with Crippen molar-refractivity contribution < 1.29 is 18.9 Å². The van der Waals surface area contributed by atoms with Crippen molar-refractivity contribution in [2.45, 2.75) is 26.0 Å². The minimum Gasteiger partial charge on any atom is -0.478 e. The molecule has 0 spiro atoms. The highest BCUT2D eigenvalue weighted by Gasteiger charge is 2.21. The summed E-state index contributed by atoms with van der Waals surface area (Å²) in [5.74, 6) is 0.925. The second kappa shape index (κ2) is 9.10. The molecular formula is C24H25N3O5. The molecule has 5 rings (SSSR count). The van der Waals surface area contributed by atoms with Crippen LogP contribution >= 0.6 is 0 Å². The predicted octanol–water partition coefficient (Wildman–Crippen LogP) is 2.72. The molecule has 0 bridgehead atoms. The lowest BCUT2D eigenvalue weighted by molar-refractivity contribution is -0.102. The number of rotatable bonds is 6. The van der Waals surface area contributed by atoms with Gasteiger partial charge in [0.1, 0.15) is 12.7 Å². The van der Waals surface area contributed by atoms with Gasteiger partial charge in [0, 0.05) is 29.9 Å². The Morgan fingerprint density at radius 2 is 2.09 bits per heavy atom. The first-order valence-electron chi connectivity index (χ1n) is 10.9. The Morgan fingerprint density at radius 3 is 2.94 bits per heavy atom. The van der Waals surface area contributed by atoms with Crippen LogP contribution in [0.3, 0.4) is 0 Å². The summed E-state index contributed by atoms with van der Waals surface area (Å²) in [7, 11) is 0. The van der Waals surface area contributed by atoms with E-state index in [9.17, 15) is 4.79 Å². The van der Waals surface area contributed by atoms with E-state index in [2.05, 4.69) is 16.0 Å². The zero-order chi connectivity index (χ0) is 21.9. The molecule has 1 unspecified atom stereocenters. The van der Waals surface area contributed by atoms with Crippen LogP contribution in [0.5, 0.6) is 11.8 Å². The first kappa shape index (κ1) is 20.7. The molecule has 0 aliphatic carbocycles. The number of hydrogen-bond donors (Lipinski definition) is 0. The summed E-state index contributed by atoms with van der Waals surface area (Å²) in [6.07, 6.45) is 2.32. The number of nitrogens with zero attached hydrogens (tertiary/aromatic N) is 3. The number of ether oxygens (including phenoxy) is 4. The van der Waals surface area contributed by atoms with E-state index in [0.29, 0.717) is 51.3 Å². The third-order valence-corrected chi connectivity index (χ3v) is 5.64. The Balaban J connectivity index is 1.45. The monoisotopic (exact) mass is 435 g/mol. The first-order valence-corrected chi connectivity index (χ1v) is 10.9. The highest BCUT2D eigenvalue weighted by molar-refractivity contribution is 5.75. The molecule has 0 amide bonds. The number of benzene rings is 1. The van der Waals surface area contributed by atoms with Crippen LogP contribution in [-0.4, -0.2) is 53.7 Å². The highest BCUT2D eigenvalue weighted by atomic mass is 16.6. The van der Waals surface area contributed by atoms with Crippen LogP contribution in [0.25, 0.3) is 22.4 Å². The van der Waals surface area contributed by atoms with Crippen LogP contribution < -0.4 is 15.2 Å². The van der Waals surface area contributed by atoms with Gasteiger partial charge in [-0.3, -0.25) is 4.57 Å². The fourth-order valence-electron chi connectivity index (χ4n) is 4.12. The zero-order valence-corrected chi connectivity index (χ0v) is 18.0. The molecule has 0 radical (unpaired) electrons. The first-order chi connectivity index (χ1) is 15.7. The molecule has 0 saturated carbocycles. The summed E-state index contributed by atoms with van der Waals surface area (Å²) >= 11 is 0. The molecule has 1 atom stereocenters. The standard InChI is InChI=1S/C24H25N3O5/c1-2-30-23-20(4-3-8-25-23)16-5-6-19-17(12-16)7-9-27-21(19)13-22(26-24(27)28)32-15-18-14-29-10-11-31-18/h3-6,8,12-13,18H,2,7,9-11,14-15H2,1H3. The summed E-state index contributed by atoms with van der Waals surface area (Å²) < 4.78 is 24.2. The molecule has 4 heterocycles. The van der Waals surface area contributed by atoms with Gasteiger partial charge in [0.05, 0.1) is 32.1 Å². The summed E-state index contributed by atoms with van der Waals surface area (Å²) in [6.45, 7) is 4.99. The van der Waals surface area contributed by atoms with Gasteiger partial charge in [-0.05, 0) is 36.6 Å². The molecule has 2 aliphatic rings. The summed E-state index contributed by atoms with van der Waals surface area (Å²) in [5, 5.41) is 0. The Bertz CT molecular complexity index is 1170. The molecule has 166 valence electrons. The van der Waals surface area contributed by atoms with E-state index in [0.717, 1.165) is 34.4 Å². The topological polar surface area (TPSA) is 84.7 Å². The van der Waals surface area contributed by atoms with Crippen LogP contribution in [0.4, 0.5) is 0 Å². The minimum absolute atomic E-state index is 0.154. The Hall–Kier alpha value is -3.23. The van der Waals surface area contributed by atoms with E-state index in [1.165, 1.54) is 0 Å². The number of hydrogen-bond acceptors (Lipinski definition) is 7. The SMILES string of the molecule is CCOc1ncccc1-c1ccc2c(c1)CCn1c-2cc(OCC2COCCO2)nc1=O. The van der Waals surface area contributed by atoms with Gasteiger partial charge in [0.25, 0.3) is 0 Å². The molecule has 2 aromatic heterocycles. The van der Waals surface area contributed by atoms with Crippen molar-refractivity contribution in [2.24, 2.45) is 0 Å². The van der Waals surface area contributed by atoms with Crippen molar-refractivity contribution in [3.8, 4) is 34.1 Å². The smallest absolute Gasteiger partial charge is 0.351 e. The largest absolute Gasteiger partial charge is 0.478 e. The van der Waals surface area contributed by atoms with Crippen molar-refractivity contribution in [3.05, 3.63) is 58.6 Å². The quantitative estimate of drug-likeness (QED) is 0.589. The van der Waals surface area contributed by atoms with Crippen molar-refractivity contribution in [2.75, 3.05) is 33.0 Å². The predicted molar refractivity (Wildman–Crippen MR) is 118 cm³/mol. The van der Waals surface area contributed by atoms with Crippen LogP contribution in [0.1, 0.15) is 12.5 Å². The highest BCUT2D eigenvalue weighted by Crippen LogP contribution is 2.35. The molecular weight excluding hydrogens is 410 g/mol. The van der Waals surface area contributed by atoms with E-state index < -0.39 is 0 Å². The van der Waals surface area contributed by atoms with Gasteiger partial charge < -0.3 is 18.9 Å². The van der Waals surface area contributed by atoms with Gasteiger partial charge in [-0.15, -0.1) is 0 Å². The molecule has 1 saturated heterocycles. The molecule has 3 aromatic rings. The van der Waals surface area contributed by atoms with Crippen molar-refractivity contribution in [1.82, 2.24) is 14.5 Å². The van der Waals surface area contributed by atoms with E-state index in [1.54, 1.807) is 10.8 Å². The van der Waals surface area contributed by atoms with E-state index in [-0.39, 0.29) is 11.8 Å². The van der Waals surface area contributed by atoms with Gasteiger partial charge in [-0.2, -0.15) is 4.98 Å². The average molecular weight is 435 g/mol. The van der Waals surface area contributed by atoms with Gasteiger partial charge >= 0.3 is 5.69 Å². The molecule has 1 aromatic carbocycles. The summed E-state index contributed by atoms with van der Waals surface area (Å²) in [4.78, 5) is 21.1. The Kier molecular flexibility index (Phi) is 5.87. The number of fused-ring (bicyclic) bond motifs is 3. The molecule has 1 fully saturated rings. The second-order valence-corrected chi connectivity index (χ2v) is 7.70. The third kappa shape index (κ3) is 4.11. The van der Waals surface area contributed by atoms with Crippen molar-refractivity contribution >= 4 is 0 Å². The fraction of sp³-hybridized carbons (Fsp3) is 0.375. The van der Waals surface area contributed by atoms with Crippen LogP contribution in [0.15, 0.2) is 47.4 Å². The third-order valence-electron chi connectivity index (χ3n) is 5.64. The van der Waals surface area contributed by atoms with E-state index in [1.807, 2.05) is 37.3 Å². The summed E-state index contributed by atoms with van der Waals surface area (Å²) in [6, 6.07) is 12.0. The van der Waals surface area contributed by atoms with Gasteiger partial charge in [0.2, 0.25) is 11.8 Å². The number of aromatic nitrogens is 3. The number of aryl methyl sites for hydroxylation is 1. The van der Waals surface area contributed by atoms with Gasteiger partial charge in [-0.1, -0.05) is 18.2 Å². The molecule has 2 aliphatic heterocycles. The van der Waals surface area contributed by atoms with Gasteiger partial charge in [0.15, 0.2) is 0 Å². The maximum atomic E-state index is 12.6. The lowest BCUT2D eigenvalue weighted by Gasteiger charge is -2.24. The van der Waals surface area contributed by atoms with E-state index in [4.69, 9.17) is 18.9 Å². The minimum atomic E-state index is -0.307. The maximum Gasteiger partial charge on any atom is 0.351 e.